The van der Waals surface area contributed by atoms with Gasteiger partial charge in [-0.3, -0.25) is 9.59 Å². The van der Waals surface area contributed by atoms with Gasteiger partial charge in [0, 0.05) is 30.0 Å². The van der Waals surface area contributed by atoms with Crippen molar-refractivity contribution >= 4 is 11.6 Å². The van der Waals surface area contributed by atoms with Crippen LogP contribution in [-0.4, -0.2) is 11.6 Å². The number of carbonyl (C=O) groups is 2. The molecule has 0 fully saturated rings. The van der Waals surface area contributed by atoms with Crippen molar-refractivity contribution in [2.24, 2.45) is 0 Å². The predicted octanol–water partition coefficient (Wildman–Crippen LogP) is 13.3. The zero-order valence-electron chi connectivity index (χ0n) is 29.5. The molecular weight excluding hydrogens is 784 g/mol. The Labute approximate surface area is 316 Å². The summed E-state index contributed by atoms with van der Waals surface area (Å²) in [6.07, 6.45) is -21.5. The topological polar surface area (TPSA) is 52.6 Å². The molecule has 0 aromatic heterocycles. The summed E-state index contributed by atoms with van der Waals surface area (Å²) in [6.45, 7) is 3.79. The molecular formula is C41H28F12O4. The van der Waals surface area contributed by atoms with Crippen molar-refractivity contribution in [1.82, 2.24) is 0 Å². The van der Waals surface area contributed by atoms with Gasteiger partial charge in [0.25, 0.3) is 0 Å². The van der Waals surface area contributed by atoms with E-state index in [4.69, 9.17) is 9.47 Å². The van der Waals surface area contributed by atoms with Crippen LogP contribution in [0, 0.1) is 0 Å². The maximum absolute atomic E-state index is 13.3. The standard InChI is InChI=1S/C41H28F12O4/c1-22(2)25-17-34(56-32-7-3-23(4-8-32)11-36(54)26-13-28(38(42,43)44)19-29(14-26)39(45,46)47)21-35(18-25)57-33-9-5-24(6-10-33)12-37(55)27-15-30(40(48,49)50)20-31(16-27)41(51,52)53/h3-10,13-22H,11-12H2,1-2H3. The summed E-state index contributed by atoms with van der Waals surface area (Å²) in [6, 6.07) is 17.8. The minimum atomic E-state index is -5.11. The van der Waals surface area contributed by atoms with Crippen LogP contribution >= 0.6 is 0 Å². The zero-order chi connectivity index (χ0) is 42.1. The minimum absolute atomic E-state index is 0.0277. The Balaban J connectivity index is 1.28. The number of ether oxygens (including phenoxy) is 2. The molecule has 0 heterocycles. The number of rotatable bonds is 11. The van der Waals surface area contributed by atoms with Crippen molar-refractivity contribution < 1.29 is 71.7 Å². The molecule has 0 saturated carbocycles. The first-order valence-electron chi connectivity index (χ1n) is 16.7. The number of hydrogen-bond donors (Lipinski definition) is 0. The first kappa shape index (κ1) is 42.3. The second-order valence-electron chi connectivity index (χ2n) is 13.2. The van der Waals surface area contributed by atoms with Crippen LogP contribution < -0.4 is 9.47 Å². The van der Waals surface area contributed by atoms with Crippen LogP contribution in [0.2, 0.25) is 0 Å². The lowest BCUT2D eigenvalue weighted by molar-refractivity contribution is -0.144. The predicted molar refractivity (Wildman–Crippen MR) is 183 cm³/mol. The number of benzene rings is 5. The molecule has 300 valence electrons. The van der Waals surface area contributed by atoms with Crippen molar-refractivity contribution in [3.05, 3.63) is 153 Å². The van der Waals surface area contributed by atoms with E-state index in [-0.39, 0.29) is 40.7 Å². The van der Waals surface area contributed by atoms with Crippen molar-refractivity contribution in [2.45, 2.75) is 57.3 Å². The fourth-order valence-electron chi connectivity index (χ4n) is 5.47. The maximum atomic E-state index is 13.3. The van der Waals surface area contributed by atoms with Crippen LogP contribution in [0.5, 0.6) is 23.0 Å². The second-order valence-corrected chi connectivity index (χ2v) is 13.2. The minimum Gasteiger partial charge on any atom is -0.457 e. The van der Waals surface area contributed by atoms with E-state index in [1.165, 1.54) is 54.6 Å². The molecule has 0 spiro atoms. The summed E-state index contributed by atoms with van der Waals surface area (Å²) < 4.78 is 171. The summed E-state index contributed by atoms with van der Waals surface area (Å²) in [7, 11) is 0. The van der Waals surface area contributed by atoms with Gasteiger partial charge in [0.2, 0.25) is 0 Å². The molecule has 0 atom stereocenters. The third-order valence-corrected chi connectivity index (χ3v) is 8.44. The number of ketones is 2. The summed E-state index contributed by atoms with van der Waals surface area (Å²) in [5.74, 6) is -0.860. The highest BCUT2D eigenvalue weighted by molar-refractivity contribution is 5.98. The van der Waals surface area contributed by atoms with Crippen LogP contribution in [0.3, 0.4) is 0 Å². The highest BCUT2D eigenvalue weighted by Crippen LogP contribution is 2.39. The van der Waals surface area contributed by atoms with Gasteiger partial charge in [-0.05, 0) is 95.4 Å². The van der Waals surface area contributed by atoms with Gasteiger partial charge in [-0.2, -0.15) is 52.7 Å². The average Bonchev–Trinajstić information content (AvgIpc) is 3.11. The number of carbonyl (C=O) groups excluding carboxylic acids is 2. The van der Waals surface area contributed by atoms with Crippen molar-refractivity contribution in [1.29, 1.82) is 0 Å². The molecule has 5 aromatic rings. The Bertz CT molecular complexity index is 2030. The SMILES string of the molecule is CC(C)c1cc(Oc2ccc(CC(=O)c3cc(C(F)(F)F)cc(C(F)(F)F)c3)cc2)cc(Oc2ccc(CC(=O)c3cc(C(F)(F)F)cc(C(F)(F)F)c3)cc2)c1. The van der Waals surface area contributed by atoms with Crippen molar-refractivity contribution in [2.75, 3.05) is 0 Å². The Morgan fingerprint density at radius 2 is 0.737 bits per heavy atom. The first-order chi connectivity index (χ1) is 26.3. The third-order valence-electron chi connectivity index (χ3n) is 8.44. The lowest BCUT2D eigenvalue weighted by atomic mass is 9.98. The van der Waals surface area contributed by atoms with Crippen molar-refractivity contribution in [3.8, 4) is 23.0 Å². The molecule has 0 radical (unpaired) electrons. The van der Waals surface area contributed by atoms with Gasteiger partial charge in [-0.1, -0.05) is 38.1 Å². The molecule has 5 rings (SSSR count). The molecule has 0 amide bonds. The Morgan fingerprint density at radius 1 is 0.439 bits per heavy atom. The van der Waals surface area contributed by atoms with Crippen LogP contribution in [0.25, 0.3) is 0 Å². The van der Waals surface area contributed by atoms with E-state index < -0.39 is 82.5 Å². The van der Waals surface area contributed by atoms with E-state index >= 15 is 0 Å². The molecule has 57 heavy (non-hydrogen) atoms. The van der Waals surface area contributed by atoms with Gasteiger partial charge in [-0.15, -0.1) is 0 Å². The largest absolute Gasteiger partial charge is 0.457 e. The molecule has 0 N–H and O–H groups in total. The highest BCUT2D eigenvalue weighted by Gasteiger charge is 2.39. The molecule has 0 bridgehead atoms. The van der Waals surface area contributed by atoms with Gasteiger partial charge < -0.3 is 9.47 Å². The lowest BCUT2D eigenvalue weighted by Crippen LogP contribution is -2.14. The molecule has 0 aliphatic carbocycles. The number of alkyl halides is 12. The van der Waals surface area contributed by atoms with E-state index in [0.29, 0.717) is 35.8 Å². The van der Waals surface area contributed by atoms with Crippen LogP contribution in [-0.2, 0) is 37.5 Å². The molecule has 5 aromatic carbocycles. The Hall–Kier alpha value is -5.80. The van der Waals surface area contributed by atoms with Gasteiger partial charge >= 0.3 is 24.7 Å². The number of halogens is 12. The number of Topliss-reactive ketones (excluding diaryl/α,β-unsaturated/α-hetero) is 2. The Morgan fingerprint density at radius 3 is 1.00 bits per heavy atom. The Kier molecular flexibility index (Phi) is 11.9. The van der Waals surface area contributed by atoms with Gasteiger partial charge in [-0.25, -0.2) is 0 Å². The molecule has 16 heteroatoms. The fraction of sp³-hybridized carbons (Fsp3) is 0.220. The summed E-state index contributed by atoms with van der Waals surface area (Å²) >= 11 is 0. The van der Waals surface area contributed by atoms with E-state index in [1.54, 1.807) is 12.1 Å². The zero-order valence-corrected chi connectivity index (χ0v) is 29.5. The summed E-state index contributed by atoms with van der Waals surface area (Å²) in [4.78, 5) is 25.6. The quantitative estimate of drug-likeness (QED) is 0.0985. The first-order valence-corrected chi connectivity index (χ1v) is 16.7. The lowest BCUT2D eigenvalue weighted by Gasteiger charge is -2.15. The monoisotopic (exact) mass is 812 g/mol. The van der Waals surface area contributed by atoms with Crippen LogP contribution in [0.4, 0.5) is 52.7 Å². The highest BCUT2D eigenvalue weighted by atomic mass is 19.4. The molecule has 4 nitrogen and oxygen atoms in total. The van der Waals surface area contributed by atoms with Crippen LogP contribution in [0.15, 0.2) is 103 Å². The van der Waals surface area contributed by atoms with Crippen LogP contribution in [0.1, 0.15) is 79.4 Å². The normalized spacial score (nSPS) is 12.5. The fourth-order valence-corrected chi connectivity index (χ4v) is 5.47. The molecule has 0 aliphatic rings. The maximum Gasteiger partial charge on any atom is 0.416 e. The third kappa shape index (κ3) is 11.2. The second kappa shape index (κ2) is 16.0. The molecule has 0 aliphatic heterocycles. The summed E-state index contributed by atoms with van der Waals surface area (Å²) in [5.41, 5.74) is -6.60. The van der Waals surface area contributed by atoms with Gasteiger partial charge in [0.1, 0.15) is 23.0 Å². The van der Waals surface area contributed by atoms with E-state index in [1.807, 2.05) is 13.8 Å². The summed E-state index contributed by atoms with van der Waals surface area (Å²) in [5, 5.41) is 0. The van der Waals surface area contributed by atoms with E-state index in [9.17, 15) is 62.3 Å². The van der Waals surface area contributed by atoms with E-state index in [2.05, 4.69) is 0 Å². The molecule has 0 unspecified atom stereocenters. The number of hydrogen-bond acceptors (Lipinski definition) is 4. The van der Waals surface area contributed by atoms with E-state index in [0.717, 1.165) is 5.56 Å². The van der Waals surface area contributed by atoms with Crippen molar-refractivity contribution in [3.63, 3.8) is 0 Å². The van der Waals surface area contributed by atoms with Gasteiger partial charge in [0.15, 0.2) is 11.6 Å². The smallest absolute Gasteiger partial charge is 0.416 e. The average molecular weight is 813 g/mol. The van der Waals surface area contributed by atoms with Gasteiger partial charge in [0.05, 0.1) is 22.3 Å². The molecule has 0 saturated heterocycles.